The summed E-state index contributed by atoms with van der Waals surface area (Å²) in [5.74, 6) is 0.167. The normalized spacial score (nSPS) is 9.00. The Morgan fingerprint density at radius 2 is 2.00 bits per heavy atom. The molecule has 0 fully saturated rings. The molecule has 0 atom stereocenters. The summed E-state index contributed by atoms with van der Waals surface area (Å²) in [5, 5.41) is 0. The van der Waals surface area contributed by atoms with Crippen molar-refractivity contribution in [3.05, 3.63) is 12.7 Å². The van der Waals surface area contributed by atoms with E-state index in [1.807, 2.05) is 13.8 Å². The van der Waals surface area contributed by atoms with Crippen molar-refractivity contribution in [1.82, 2.24) is 4.90 Å². The Morgan fingerprint density at radius 1 is 1.50 bits per heavy atom. The summed E-state index contributed by atoms with van der Waals surface area (Å²) in [6.07, 6.45) is 2.10. The van der Waals surface area contributed by atoms with Gasteiger partial charge >= 0.3 is 0 Å². The number of nitrogens with zero attached hydrogens (tertiary/aromatic N) is 1. The Kier molecular flexibility index (Phi) is 4.63. The third kappa shape index (κ3) is 2.67. The van der Waals surface area contributed by atoms with Gasteiger partial charge in [-0.3, -0.25) is 4.79 Å². The van der Waals surface area contributed by atoms with E-state index in [4.69, 9.17) is 0 Å². The van der Waals surface area contributed by atoms with Crippen LogP contribution in [0.1, 0.15) is 20.3 Å². The quantitative estimate of drug-likeness (QED) is 0.542. The van der Waals surface area contributed by atoms with Crippen LogP contribution >= 0.6 is 0 Å². The molecule has 0 heterocycles. The van der Waals surface area contributed by atoms with Crippen molar-refractivity contribution in [2.24, 2.45) is 0 Å². The van der Waals surface area contributed by atoms with Crippen LogP contribution in [0.5, 0.6) is 0 Å². The molecule has 10 heavy (non-hydrogen) atoms. The highest BCUT2D eigenvalue weighted by Gasteiger charge is 2.05. The van der Waals surface area contributed by atoms with E-state index in [9.17, 15) is 4.79 Å². The van der Waals surface area contributed by atoms with E-state index in [0.717, 1.165) is 13.1 Å². The van der Waals surface area contributed by atoms with Crippen LogP contribution in [0.15, 0.2) is 12.7 Å². The van der Waals surface area contributed by atoms with Crippen molar-refractivity contribution < 1.29 is 4.79 Å². The maximum Gasteiger partial charge on any atom is 0.226 e. The molecule has 0 bridgehead atoms. The fraction of sp³-hybridized carbons (Fsp3) is 0.625. The number of carbonyl (C=O) groups excluding carboxylic acids is 1. The monoisotopic (exact) mass is 141 g/mol. The van der Waals surface area contributed by atoms with E-state index >= 15 is 0 Å². The Balaban J connectivity index is 3.76. The molecule has 0 aliphatic heterocycles. The first-order valence-electron chi connectivity index (χ1n) is 3.64. The van der Waals surface area contributed by atoms with Crippen molar-refractivity contribution in [3.8, 4) is 0 Å². The Hall–Kier alpha value is -0.790. The maximum atomic E-state index is 11.1. The molecule has 0 N–H and O–H groups in total. The lowest BCUT2D eigenvalue weighted by Gasteiger charge is -2.16. The molecular weight excluding hydrogens is 126 g/mol. The molecule has 0 rings (SSSR count). The summed E-state index contributed by atoms with van der Waals surface area (Å²) in [6, 6.07) is 0. The average molecular weight is 141 g/mol. The number of amides is 1. The molecule has 2 heteroatoms. The van der Waals surface area contributed by atoms with Gasteiger partial charge in [0.2, 0.25) is 5.91 Å². The SMILES string of the molecule is C=CCC(=O)N(CC)CC. The van der Waals surface area contributed by atoms with Crippen LogP contribution in [-0.4, -0.2) is 23.9 Å². The van der Waals surface area contributed by atoms with Crippen molar-refractivity contribution in [3.63, 3.8) is 0 Å². The fourth-order valence-corrected chi connectivity index (χ4v) is 0.829. The molecule has 0 saturated carbocycles. The van der Waals surface area contributed by atoms with Crippen LogP contribution in [0.2, 0.25) is 0 Å². The minimum Gasteiger partial charge on any atom is -0.343 e. The highest BCUT2D eigenvalue weighted by atomic mass is 16.2. The van der Waals surface area contributed by atoms with Gasteiger partial charge < -0.3 is 4.90 Å². The van der Waals surface area contributed by atoms with Gasteiger partial charge in [0, 0.05) is 19.5 Å². The van der Waals surface area contributed by atoms with Crippen LogP contribution in [0.3, 0.4) is 0 Å². The molecule has 0 radical (unpaired) electrons. The van der Waals surface area contributed by atoms with Crippen LogP contribution in [0.25, 0.3) is 0 Å². The van der Waals surface area contributed by atoms with E-state index < -0.39 is 0 Å². The van der Waals surface area contributed by atoms with E-state index in [-0.39, 0.29) is 5.91 Å². The molecule has 1 amide bonds. The molecule has 0 aromatic carbocycles. The lowest BCUT2D eigenvalue weighted by Crippen LogP contribution is -2.29. The standard InChI is InChI=1S/C8H15NO/c1-4-7-8(10)9(5-2)6-3/h4H,1,5-7H2,2-3H3. The summed E-state index contributed by atoms with van der Waals surface area (Å²) in [6.45, 7) is 9.05. The molecule has 58 valence electrons. The minimum atomic E-state index is 0.167. The summed E-state index contributed by atoms with van der Waals surface area (Å²) >= 11 is 0. The van der Waals surface area contributed by atoms with Crippen molar-refractivity contribution >= 4 is 5.91 Å². The lowest BCUT2D eigenvalue weighted by atomic mass is 10.3. The van der Waals surface area contributed by atoms with Gasteiger partial charge in [-0.05, 0) is 13.8 Å². The number of hydrogen-bond donors (Lipinski definition) is 0. The first-order valence-corrected chi connectivity index (χ1v) is 3.64. The third-order valence-electron chi connectivity index (χ3n) is 1.44. The van der Waals surface area contributed by atoms with E-state index in [2.05, 4.69) is 6.58 Å². The van der Waals surface area contributed by atoms with Gasteiger partial charge in [0.1, 0.15) is 0 Å². The van der Waals surface area contributed by atoms with Crippen LogP contribution in [0, 0.1) is 0 Å². The molecule has 0 aliphatic rings. The van der Waals surface area contributed by atoms with Gasteiger partial charge in [0.15, 0.2) is 0 Å². The molecule has 0 unspecified atom stereocenters. The van der Waals surface area contributed by atoms with Gasteiger partial charge in [0.05, 0.1) is 0 Å². The van der Waals surface area contributed by atoms with Crippen molar-refractivity contribution in [2.75, 3.05) is 13.1 Å². The van der Waals surface area contributed by atoms with Gasteiger partial charge in [-0.15, -0.1) is 6.58 Å². The first-order chi connectivity index (χ1) is 4.76. The molecule has 0 spiro atoms. The first kappa shape index (κ1) is 9.21. The topological polar surface area (TPSA) is 20.3 Å². The van der Waals surface area contributed by atoms with Crippen LogP contribution < -0.4 is 0 Å². The summed E-state index contributed by atoms with van der Waals surface area (Å²) in [5.41, 5.74) is 0. The van der Waals surface area contributed by atoms with Crippen molar-refractivity contribution in [2.45, 2.75) is 20.3 Å². The molecule has 0 aromatic heterocycles. The zero-order valence-corrected chi connectivity index (χ0v) is 6.76. The average Bonchev–Trinajstić information content (AvgIpc) is 1.91. The van der Waals surface area contributed by atoms with E-state index in [1.165, 1.54) is 0 Å². The number of carbonyl (C=O) groups is 1. The number of hydrogen-bond acceptors (Lipinski definition) is 1. The zero-order chi connectivity index (χ0) is 7.98. The summed E-state index contributed by atoms with van der Waals surface area (Å²) in [7, 11) is 0. The van der Waals surface area contributed by atoms with Gasteiger partial charge in [-0.1, -0.05) is 6.08 Å². The lowest BCUT2D eigenvalue weighted by molar-refractivity contribution is -0.129. The van der Waals surface area contributed by atoms with E-state index in [0.29, 0.717) is 6.42 Å². The maximum absolute atomic E-state index is 11.1. The van der Waals surface area contributed by atoms with Crippen molar-refractivity contribution in [1.29, 1.82) is 0 Å². The second kappa shape index (κ2) is 5.03. The van der Waals surface area contributed by atoms with Crippen LogP contribution in [-0.2, 0) is 4.79 Å². The van der Waals surface area contributed by atoms with Crippen LogP contribution in [0.4, 0.5) is 0 Å². The molecule has 2 nitrogen and oxygen atoms in total. The highest BCUT2D eigenvalue weighted by molar-refractivity contribution is 5.77. The predicted octanol–water partition coefficient (Wildman–Crippen LogP) is 1.43. The Bertz CT molecular complexity index is 116. The second-order valence-electron chi connectivity index (χ2n) is 2.06. The smallest absolute Gasteiger partial charge is 0.226 e. The number of rotatable bonds is 4. The molecule has 0 saturated heterocycles. The minimum absolute atomic E-state index is 0.167. The summed E-state index contributed by atoms with van der Waals surface area (Å²) in [4.78, 5) is 12.9. The third-order valence-corrected chi connectivity index (χ3v) is 1.44. The van der Waals surface area contributed by atoms with Gasteiger partial charge in [-0.2, -0.15) is 0 Å². The Labute approximate surface area is 62.5 Å². The Morgan fingerprint density at radius 3 is 2.30 bits per heavy atom. The molecule has 0 aromatic rings. The highest BCUT2D eigenvalue weighted by Crippen LogP contribution is 1.92. The van der Waals surface area contributed by atoms with E-state index in [1.54, 1.807) is 11.0 Å². The predicted molar refractivity (Wildman–Crippen MR) is 42.7 cm³/mol. The fourth-order valence-electron chi connectivity index (χ4n) is 0.829. The largest absolute Gasteiger partial charge is 0.343 e. The zero-order valence-electron chi connectivity index (χ0n) is 6.76. The van der Waals surface area contributed by atoms with Gasteiger partial charge in [-0.25, -0.2) is 0 Å². The molecular formula is C8H15NO. The molecule has 0 aliphatic carbocycles. The summed E-state index contributed by atoms with van der Waals surface area (Å²) < 4.78 is 0. The van der Waals surface area contributed by atoms with Gasteiger partial charge in [0.25, 0.3) is 0 Å². The second-order valence-corrected chi connectivity index (χ2v) is 2.06.